The Morgan fingerprint density at radius 3 is 2.58 bits per heavy atom. The third kappa shape index (κ3) is 9.38. The summed E-state index contributed by atoms with van der Waals surface area (Å²) in [4.78, 5) is 23.5. The summed E-state index contributed by atoms with van der Waals surface area (Å²) in [5, 5.41) is 14.0. The average molecular weight is 677 g/mol. The van der Waals surface area contributed by atoms with Gasteiger partial charge in [-0.2, -0.15) is 0 Å². The number of sulfonamides is 1. The van der Waals surface area contributed by atoms with E-state index in [0.29, 0.717) is 31.4 Å². The molecular weight excluding hydrogens is 629 g/mol. The molecule has 0 atom stereocenters. The smallest absolute Gasteiger partial charge is 0.407 e. The largest absolute Gasteiger partial charge is 0.465 e. The van der Waals surface area contributed by atoms with Crippen LogP contribution in [0.5, 0.6) is 0 Å². The molecule has 11 nitrogen and oxygen atoms in total. The van der Waals surface area contributed by atoms with Gasteiger partial charge < -0.3 is 20.1 Å². The Labute approximate surface area is 272 Å². The lowest BCUT2D eigenvalue weighted by Crippen LogP contribution is -2.45. The van der Waals surface area contributed by atoms with Gasteiger partial charge in [-0.05, 0) is 57.2 Å². The van der Waals surface area contributed by atoms with Crippen molar-refractivity contribution < 1.29 is 23.1 Å². The van der Waals surface area contributed by atoms with Crippen LogP contribution in [0.1, 0.15) is 62.9 Å². The Balaban J connectivity index is 1.47. The molecule has 1 aliphatic carbocycles. The molecule has 248 valence electrons. The first-order valence-corrected chi connectivity index (χ1v) is 21.7. The minimum atomic E-state index is -3.77. The van der Waals surface area contributed by atoms with Gasteiger partial charge in [0.25, 0.3) is 0 Å². The standard InChI is InChI=1S/C31H48N6O5S2Si/c1-7-35-44(40,41)28-18-23(19-34-30-32-14-15-36(30)21-42-16-17-45(4,5)6)8-13-26(28)27-20-33-29(43-27)24-9-11-25(12-10-24)37(22(2)3)31(38)39/h8,13-15,18,20,22,24-25,35H,7,9-12,16-17,19,21H2,1-6H3,(H,32,34)(H,38,39). The molecule has 1 amide bonds. The van der Waals surface area contributed by atoms with Gasteiger partial charge in [-0.3, -0.25) is 4.57 Å². The van der Waals surface area contributed by atoms with Crippen molar-refractivity contribution in [1.29, 1.82) is 0 Å². The molecule has 2 aromatic heterocycles. The van der Waals surface area contributed by atoms with Gasteiger partial charge in [-0.25, -0.2) is 27.9 Å². The maximum atomic E-state index is 13.4. The first-order valence-electron chi connectivity index (χ1n) is 15.7. The highest BCUT2D eigenvalue weighted by Crippen LogP contribution is 2.40. The SMILES string of the molecule is CCNS(=O)(=O)c1cc(CNc2nccn2COCC[Si](C)(C)C)ccc1-c1cnc(C2CCC(N(C(=O)O)C(C)C)CC2)s1. The fraction of sp³-hybridized carbons (Fsp3) is 0.581. The molecule has 45 heavy (non-hydrogen) atoms. The monoisotopic (exact) mass is 676 g/mol. The van der Waals surface area contributed by atoms with Crippen molar-refractivity contribution in [2.45, 2.75) is 108 Å². The molecule has 3 N–H and O–H groups in total. The van der Waals surface area contributed by atoms with E-state index in [4.69, 9.17) is 9.72 Å². The normalized spacial score (nSPS) is 17.5. The van der Waals surface area contributed by atoms with Crippen molar-refractivity contribution >= 4 is 41.5 Å². The van der Waals surface area contributed by atoms with E-state index in [0.717, 1.165) is 47.2 Å². The van der Waals surface area contributed by atoms with Gasteiger partial charge in [0.1, 0.15) is 6.73 Å². The first-order chi connectivity index (χ1) is 21.3. The minimum Gasteiger partial charge on any atom is -0.465 e. The molecule has 4 rings (SSSR count). The summed E-state index contributed by atoms with van der Waals surface area (Å²) in [7, 11) is -4.94. The topological polar surface area (TPSA) is 139 Å². The van der Waals surface area contributed by atoms with Crippen LogP contribution in [0.25, 0.3) is 10.4 Å². The number of aromatic nitrogens is 3. The van der Waals surface area contributed by atoms with Crippen LogP contribution in [0.3, 0.4) is 0 Å². The van der Waals surface area contributed by atoms with Crippen LogP contribution in [-0.2, 0) is 28.0 Å². The first kappa shape index (κ1) is 35.1. The van der Waals surface area contributed by atoms with Crippen molar-refractivity contribution in [2.24, 2.45) is 0 Å². The zero-order chi connectivity index (χ0) is 32.8. The molecule has 0 radical (unpaired) electrons. The summed E-state index contributed by atoms with van der Waals surface area (Å²) in [6.45, 7) is 14.3. The van der Waals surface area contributed by atoms with Gasteiger partial charge in [-0.1, -0.05) is 38.7 Å². The number of imidazole rings is 1. The number of carbonyl (C=O) groups is 1. The quantitative estimate of drug-likeness (QED) is 0.120. The molecule has 0 aliphatic heterocycles. The van der Waals surface area contributed by atoms with Crippen molar-refractivity contribution in [3.63, 3.8) is 0 Å². The van der Waals surface area contributed by atoms with Crippen molar-refractivity contribution in [3.05, 3.63) is 47.4 Å². The number of rotatable bonds is 15. The average Bonchev–Trinajstić information content (AvgIpc) is 3.64. The second-order valence-corrected chi connectivity index (χ2v) is 21.5. The van der Waals surface area contributed by atoms with Crippen LogP contribution in [0.2, 0.25) is 25.7 Å². The van der Waals surface area contributed by atoms with E-state index in [9.17, 15) is 18.3 Å². The van der Waals surface area contributed by atoms with E-state index in [1.807, 2.05) is 36.7 Å². The molecule has 2 heterocycles. The second-order valence-electron chi connectivity index (χ2n) is 13.1. The van der Waals surface area contributed by atoms with E-state index in [1.165, 1.54) is 11.3 Å². The third-order valence-corrected chi connectivity index (χ3v) is 12.6. The highest BCUT2D eigenvalue weighted by Gasteiger charge is 2.32. The van der Waals surface area contributed by atoms with Crippen LogP contribution in [0, 0.1) is 0 Å². The molecule has 0 saturated heterocycles. The molecule has 0 unspecified atom stereocenters. The predicted octanol–water partition coefficient (Wildman–Crippen LogP) is 6.64. The van der Waals surface area contributed by atoms with Gasteiger partial charge in [0.15, 0.2) is 0 Å². The number of hydrogen-bond acceptors (Lipinski definition) is 8. The summed E-state index contributed by atoms with van der Waals surface area (Å²) in [5.41, 5.74) is 1.42. The van der Waals surface area contributed by atoms with Crippen molar-refractivity contribution in [1.82, 2.24) is 24.2 Å². The zero-order valence-corrected chi connectivity index (χ0v) is 29.9. The van der Waals surface area contributed by atoms with Gasteiger partial charge in [0, 0.05) is 69.9 Å². The van der Waals surface area contributed by atoms with Crippen molar-refractivity contribution in [2.75, 3.05) is 18.5 Å². The van der Waals surface area contributed by atoms with Crippen LogP contribution in [0.4, 0.5) is 10.7 Å². The number of carboxylic acid groups (broad SMARTS) is 1. The number of thiazole rings is 1. The number of anilines is 1. The van der Waals surface area contributed by atoms with Crippen LogP contribution in [-0.4, -0.2) is 72.4 Å². The van der Waals surface area contributed by atoms with Crippen LogP contribution < -0.4 is 10.0 Å². The summed E-state index contributed by atoms with van der Waals surface area (Å²) < 4.78 is 37.2. The summed E-state index contributed by atoms with van der Waals surface area (Å²) in [6, 6.07) is 6.54. The van der Waals surface area contributed by atoms with E-state index in [1.54, 1.807) is 30.3 Å². The second kappa shape index (κ2) is 15.2. The summed E-state index contributed by atoms with van der Waals surface area (Å²) in [6.07, 6.45) is 7.74. The molecule has 0 bridgehead atoms. The fourth-order valence-electron chi connectivity index (χ4n) is 5.67. The number of nitrogens with zero attached hydrogens (tertiary/aromatic N) is 4. The van der Waals surface area contributed by atoms with Gasteiger partial charge in [0.05, 0.1) is 14.8 Å². The number of benzene rings is 1. The zero-order valence-electron chi connectivity index (χ0n) is 27.2. The Morgan fingerprint density at radius 2 is 1.93 bits per heavy atom. The molecule has 1 aromatic carbocycles. The summed E-state index contributed by atoms with van der Waals surface area (Å²) >= 11 is 1.52. The Morgan fingerprint density at radius 1 is 1.20 bits per heavy atom. The van der Waals surface area contributed by atoms with Crippen molar-refractivity contribution in [3.8, 4) is 10.4 Å². The van der Waals surface area contributed by atoms with Gasteiger partial charge in [0.2, 0.25) is 16.0 Å². The fourth-order valence-corrected chi connectivity index (χ4v) is 8.93. The lowest BCUT2D eigenvalue weighted by Gasteiger charge is -2.37. The maximum Gasteiger partial charge on any atom is 0.407 e. The molecular formula is C31H48N6O5S2Si. The molecule has 14 heteroatoms. The minimum absolute atomic E-state index is 0.0109. The Bertz CT molecular complexity index is 1530. The van der Waals surface area contributed by atoms with Crippen LogP contribution in [0.15, 0.2) is 41.7 Å². The van der Waals surface area contributed by atoms with Crippen LogP contribution >= 0.6 is 11.3 Å². The highest BCUT2D eigenvalue weighted by molar-refractivity contribution is 7.89. The lowest BCUT2D eigenvalue weighted by atomic mass is 9.85. The van der Waals surface area contributed by atoms with E-state index in [-0.39, 0.29) is 29.4 Å². The maximum absolute atomic E-state index is 13.4. The van der Waals surface area contributed by atoms with Gasteiger partial charge in [-0.15, -0.1) is 11.3 Å². The molecule has 1 fully saturated rings. The van der Waals surface area contributed by atoms with E-state index < -0.39 is 24.2 Å². The number of hydrogen-bond donors (Lipinski definition) is 3. The predicted molar refractivity (Wildman–Crippen MR) is 182 cm³/mol. The lowest BCUT2D eigenvalue weighted by molar-refractivity contribution is 0.0884. The number of amides is 1. The molecule has 1 aliphatic rings. The molecule has 0 spiro atoms. The van der Waals surface area contributed by atoms with Gasteiger partial charge >= 0.3 is 6.09 Å². The third-order valence-electron chi connectivity index (χ3n) is 8.07. The highest BCUT2D eigenvalue weighted by atomic mass is 32.2. The number of ether oxygens (including phenoxy) is 1. The Hall–Kier alpha value is -2.78. The van der Waals surface area contributed by atoms with E-state index in [2.05, 4.69) is 34.7 Å². The molecule has 3 aromatic rings. The Kier molecular flexibility index (Phi) is 11.9. The van der Waals surface area contributed by atoms with E-state index >= 15 is 0 Å². The number of nitrogens with one attached hydrogen (secondary N) is 2. The molecule has 1 saturated carbocycles. The summed E-state index contributed by atoms with van der Waals surface area (Å²) in [5.74, 6) is 0.883.